The molecule has 0 unspecified atom stereocenters. The number of urea groups is 1. The van der Waals surface area contributed by atoms with Gasteiger partial charge in [0.1, 0.15) is 0 Å². The number of hydrogen-bond donors (Lipinski definition) is 1. The number of carbonyl (C=O) groups excluding carboxylic acids is 2. The Kier molecular flexibility index (Phi) is 7.78. The zero-order valence-electron chi connectivity index (χ0n) is 16.2. The molecule has 2 aromatic rings. The van der Waals surface area contributed by atoms with Crippen molar-refractivity contribution in [1.82, 2.24) is 15.1 Å². The first-order chi connectivity index (χ1) is 14.0. The number of rotatable bonds is 5. The molecule has 7 heteroatoms. The Morgan fingerprint density at radius 3 is 2.34 bits per heavy atom. The van der Waals surface area contributed by atoms with Crippen LogP contribution in [0.2, 0.25) is 10.0 Å². The van der Waals surface area contributed by atoms with Gasteiger partial charge in [-0.05, 0) is 49.1 Å². The summed E-state index contributed by atoms with van der Waals surface area (Å²) < 4.78 is 0. The molecule has 1 N–H and O–H groups in total. The molecule has 5 nitrogen and oxygen atoms in total. The predicted octanol–water partition coefficient (Wildman–Crippen LogP) is 4.48. The van der Waals surface area contributed by atoms with Gasteiger partial charge in [0, 0.05) is 37.7 Å². The van der Waals surface area contributed by atoms with Gasteiger partial charge < -0.3 is 15.1 Å². The van der Waals surface area contributed by atoms with E-state index in [1.807, 2.05) is 24.3 Å². The van der Waals surface area contributed by atoms with Crippen molar-refractivity contribution >= 4 is 35.1 Å². The van der Waals surface area contributed by atoms with Crippen LogP contribution in [0.5, 0.6) is 0 Å². The molecule has 0 atom stereocenters. The van der Waals surface area contributed by atoms with Gasteiger partial charge in [0.25, 0.3) is 5.91 Å². The Labute approximate surface area is 181 Å². The molecule has 1 aliphatic heterocycles. The smallest absolute Gasteiger partial charge is 0.317 e. The van der Waals surface area contributed by atoms with Crippen LogP contribution in [0.15, 0.2) is 48.5 Å². The van der Waals surface area contributed by atoms with E-state index >= 15 is 0 Å². The number of carbonyl (C=O) groups is 2. The summed E-state index contributed by atoms with van der Waals surface area (Å²) in [5.41, 5.74) is 1.71. The zero-order valence-corrected chi connectivity index (χ0v) is 17.8. The van der Waals surface area contributed by atoms with Crippen molar-refractivity contribution in [3.63, 3.8) is 0 Å². The van der Waals surface area contributed by atoms with Gasteiger partial charge >= 0.3 is 6.03 Å². The maximum absolute atomic E-state index is 12.7. The molecule has 1 saturated heterocycles. The Balaban J connectivity index is 1.43. The van der Waals surface area contributed by atoms with Crippen LogP contribution in [0.1, 0.15) is 28.8 Å². The zero-order chi connectivity index (χ0) is 20.6. The summed E-state index contributed by atoms with van der Waals surface area (Å²) in [6.45, 7) is 2.88. The Hall–Kier alpha value is -2.24. The highest BCUT2D eigenvalue weighted by atomic mass is 35.5. The summed E-state index contributed by atoms with van der Waals surface area (Å²) in [7, 11) is 0. The van der Waals surface area contributed by atoms with Gasteiger partial charge in [0.15, 0.2) is 0 Å². The molecule has 0 spiro atoms. The van der Waals surface area contributed by atoms with Gasteiger partial charge in [-0.15, -0.1) is 0 Å². The molecule has 3 amide bonds. The van der Waals surface area contributed by atoms with Crippen LogP contribution in [0.3, 0.4) is 0 Å². The quantitative estimate of drug-likeness (QED) is 0.706. The standard InChI is InChI=1S/C22H25Cl2N3O2/c23-18-10-8-17(9-11-18)5-3-12-25-22(29)27-14-4-13-26(15-16-27)21(28)19-6-1-2-7-20(19)24/h1-2,6-11H,3-5,12-16H2,(H,25,29). The predicted molar refractivity (Wildman–Crippen MR) is 117 cm³/mol. The number of benzene rings is 2. The first-order valence-electron chi connectivity index (χ1n) is 9.85. The van der Waals surface area contributed by atoms with Gasteiger partial charge in [0.05, 0.1) is 10.6 Å². The van der Waals surface area contributed by atoms with Crippen LogP contribution in [0, 0.1) is 0 Å². The minimum Gasteiger partial charge on any atom is -0.338 e. The molecule has 0 bridgehead atoms. The maximum atomic E-state index is 12.7. The first kappa shape index (κ1) is 21.5. The number of nitrogens with zero attached hydrogens (tertiary/aromatic N) is 2. The summed E-state index contributed by atoms with van der Waals surface area (Å²) in [6.07, 6.45) is 2.49. The molecule has 0 aliphatic carbocycles. The van der Waals surface area contributed by atoms with Crippen molar-refractivity contribution in [2.24, 2.45) is 0 Å². The van der Waals surface area contributed by atoms with Gasteiger partial charge in [-0.2, -0.15) is 0 Å². The Morgan fingerprint density at radius 2 is 1.59 bits per heavy atom. The summed E-state index contributed by atoms with van der Waals surface area (Å²) in [5.74, 6) is -0.0826. The Bertz CT molecular complexity index is 842. The molecular formula is C22H25Cl2N3O2. The third kappa shape index (κ3) is 6.12. The lowest BCUT2D eigenvalue weighted by Crippen LogP contribution is -2.43. The van der Waals surface area contributed by atoms with E-state index in [0.29, 0.717) is 43.3 Å². The number of halogens is 2. The SMILES string of the molecule is O=C(NCCCc1ccc(Cl)cc1)N1CCCN(C(=O)c2ccccc2Cl)CC1. The van der Waals surface area contributed by atoms with Gasteiger partial charge in [0.2, 0.25) is 0 Å². The van der Waals surface area contributed by atoms with Crippen LogP contribution in [0.25, 0.3) is 0 Å². The molecule has 0 saturated carbocycles. The van der Waals surface area contributed by atoms with Crippen molar-refractivity contribution in [3.8, 4) is 0 Å². The molecule has 0 aromatic heterocycles. The van der Waals surface area contributed by atoms with Crippen LogP contribution in [-0.4, -0.2) is 54.5 Å². The number of aryl methyl sites for hydroxylation is 1. The van der Waals surface area contributed by atoms with Crippen molar-refractivity contribution in [2.75, 3.05) is 32.7 Å². The van der Waals surface area contributed by atoms with Crippen LogP contribution < -0.4 is 5.32 Å². The van der Waals surface area contributed by atoms with E-state index in [4.69, 9.17) is 23.2 Å². The molecule has 0 radical (unpaired) electrons. The second-order valence-electron chi connectivity index (χ2n) is 7.07. The van der Waals surface area contributed by atoms with E-state index < -0.39 is 0 Å². The van der Waals surface area contributed by atoms with Crippen LogP contribution in [-0.2, 0) is 6.42 Å². The second kappa shape index (κ2) is 10.5. The number of hydrogen-bond acceptors (Lipinski definition) is 2. The monoisotopic (exact) mass is 433 g/mol. The third-order valence-electron chi connectivity index (χ3n) is 5.01. The highest BCUT2D eigenvalue weighted by molar-refractivity contribution is 6.33. The highest BCUT2D eigenvalue weighted by Crippen LogP contribution is 2.18. The third-order valence-corrected chi connectivity index (χ3v) is 5.59. The largest absolute Gasteiger partial charge is 0.338 e. The minimum absolute atomic E-state index is 0.0758. The molecule has 1 aliphatic rings. The van der Waals surface area contributed by atoms with Crippen molar-refractivity contribution in [2.45, 2.75) is 19.3 Å². The summed E-state index contributed by atoms with van der Waals surface area (Å²) in [5, 5.41) is 4.17. The average molecular weight is 434 g/mol. The van der Waals surface area contributed by atoms with Gasteiger partial charge in [-0.1, -0.05) is 47.5 Å². The number of nitrogens with one attached hydrogen (secondary N) is 1. The fourth-order valence-electron chi connectivity index (χ4n) is 3.38. The van der Waals surface area contributed by atoms with Gasteiger partial charge in [-0.3, -0.25) is 4.79 Å². The van der Waals surface area contributed by atoms with E-state index in [0.717, 1.165) is 24.3 Å². The van der Waals surface area contributed by atoms with Gasteiger partial charge in [-0.25, -0.2) is 4.79 Å². The fraction of sp³-hybridized carbons (Fsp3) is 0.364. The van der Waals surface area contributed by atoms with E-state index in [9.17, 15) is 9.59 Å². The molecule has 2 aromatic carbocycles. The van der Waals surface area contributed by atoms with Crippen molar-refractivity contribution < 1.29 is 9.59 Å². The molecule has 1 heterocycles. The lowest BCUT2D eigenvalue weighted by atomic mass is 10.1. The summed E-state index contributed by atoms with van der Waals surface area (Å²) in [4.78, 5) is 28.8. The van der Waals surface area contributed by atoms with E-state index in [2.05, 4.69) is 5.32 Å². The molecule has 29 heavy (non-hydrogen) atoms. The van der Waals surface area contributed by atoms with Crippen molar-refractivity contribution in [1.29, 1.82) is 0 Å². The molecule has 1 fully saturated rings. The maximum Gasteiger partial charge on any atom is 0.317 e. The minimum atomic E-state index is -0.0826. The van der Waals surface area contributed by atoms with Crippen LogP contribution >= 0.6 is 23.2 Å². The number of amides is 3. The lowest BCUT2D eigenvalue weighted by molar-refractivity contribution is 0.0762. The molecular weight excluding hydrogens is 409 g/mol. The Morgan fingerprint density at radius 1 is 0.897 bits per heavy atom. The normalized spacial score (nSPS) is 14.4. The summed E-state index contributed by atoms with van der Waals surface area (Å²) in [6, 6.07) is 14.8. The second-order valence-corrected chi connectivity index (χ2v) is 7.92. The average Bonchev–Trinajstić information content (AvgIpc) is 2.98. The fourth-order valence-corrected chi connectivity index (χ4v) is 3.72. The topological polar surface area (TPSA) is 52.7 Å². The highest BCUT2D eigenvalue weighted by Gasteiger charge is 2.23. The lowest BCUT2D eigenvalue weighted by Gasteiger charge is -2.23. The molecule has 3 rings (SSSR count). The van der Waals surface area contributed by atoms with E-state index in [1.54, 1.807) is 34.1 Å². The van der Waals surface area contributed by atoms with Crippen LogP contribution in [0.4, 0.5) is 4.79 Å². The molecule has 154 valence electrons. The van der Waals surface area contributed by atoms with E-state index in [-0.39, 0.29) is 11.9 Å². The van der Waals surface area contributed by atoms with Crippen molar-refractivity contribution in [3.05, 3.63) is 69.7 Å². The first-order valence-corrected chi connectivity index (χ1v) is 10.6. The van der Waals surface area contributed by atoms with E-state index in [1.165, 1.54) is 5.56 Å². The summed E-state index contributed by atoms with van der Waals surface area (Å²) >= 11 is 12.0.